The predicted molar refractivity (Wildman–Crippen MR) is 126 cm³/mol. The van der Waals surface area contributed by atoms with Gasteiger partial charge < -0.3 is 14.6 Å². The van der Waals surface area contributed by atoms with Crippen molar-refractivity contribution in [2.45, 2.75) is 26.4 Å². The third-order valence-corrected chi connectivity index (χ3v) is 7.59. The molecule has 9 heteroatoms. The highest BCUT2D eigenvalue weighted by Crippen LogP contribution is 2.29. The molecular formula is C18H17I3O6. The summed E-state index contributed by atoms with van der Waals surface area (Å²) < 4.78 is 12.6. The molecule has 6 nitrogen and oxygen atoms in total. The quantitative estimate of drug-likeness (QED) is 0.187. The van der Waals surface area contributed by atoms with Crippen LogP contribution in [0, 0.1) is 10.7 Å². The molecule has 0 spiro atoms. The first-order valence-corrected chi connectivity index (χ1v) is 10.8. The number of halogens is 3. The molecule has 0 bridgehead atoms. The van der Waals surface area contributed by atoms with Gasteiger partial charge in [-0.2, -0.15) is 0 Å². The predicted octanol–water partition coefficient (Wildman–Crippen LogP) is 4.35. The van der Waals surface area contributed by atoms with Gasteiger partial charge in [-0.15, -0.1) is 0 Å². The van der Waals surface area contributed by atoms with Crippen molar-refractivity contribution < 1.29 is 29.0 Å². The third-order valence-electron chi connectivity index (χ3n) is 3.29. The van der Waals surface area contributed by atoms with Gasteiger partial charge in [0.15, 0.2) is 0 Å². The van der Waals surface area contributed by atoms with Crippen LogP contribution in [0.15, 0.2) is 30.4 Å². The van der Waals surface area contributed by atoms with Gasteiger partial charge in [0.05, 0.1) is 5.56 Å². The standard InChI is InChI=1S/C18H17I3O6/c1-8(2)17(24)26-7-10(27-18(25)9(3)4)5-11-13(19)6-12(16(22)23)15(21)14(11)20/h6,10H,1,3,5,7H2,2,4H3,(H,22,23). The first kappa shape index (κ1) is 24.3. The number of carboxylic acids is 1. The van der Waals surface area contributed by atoms with Crippen LogP contribution in [0.5, 0.6) is 0 Å². The normalized spacial score (nSPS) is 11.4. The van der Waals surface area contributed by atoms with Crippen molar-refractivity contribution >= 4 is 85.7 Å². The summed E-state index contributed by atoms with van der Waals surface area (Å²) in [5, 5.41) is 9.31. The molecule has 1 aromatic rings. The Bertz CT molecular complexity index is 816. The molecule has 0 fully saturated rings. The molecular weight excluding hydrogens is 693 g/mol. The molecule has 0 saturated heterocycles. The van der Waals surface area contributed by atoms with Gasteiger partial charge in [0, 0.05) is 28.3 Å². The van der Waals surface area contributed by atoms with Gasteiger partial charge in [0.25, 0.3) is 0 Å². The Morgan fingerprint density at radius 2 is 1.63 bits per heavy atom. The number of carbonyl (C=O) groups is 3. The lowest BCUT2D eigenvalue weighted by Gasteiger charge is -2.20. The second-order valence-electron chi connectivity index (χ2n) is 5.71. The minimum Gasteiger partial charge on any atom is -0.478 e. The van der Waals surface area contributed by atoms with Crippen molar-refractivity contribution in [1.82, 2.24) is 0 Å². The lowest BCUT2D eigenvalue weighted by molar-refractivity contribution is -0.153. The molecule has 1 unspecified atom stereocenters. The van der Waals surface area contributed by atoms with Crippen LogP contribution in [0.1, 0.15) is 29.8 Å². The van der Waals surface area contributed by atoms with Gasteiger partial charge in [-0.1, -0.05) is 13.2 Å². The summed E-state index contributed by atoms with van der Waals surface area (Å²) in [5.74, 6) is -2.18. The molecule has 27 heavy (non-hydrogen) atoms. The summed E-state index contributed by atoms with van der Waals surface area (Å²) in [4.78, 5) is 35.0. The summed E-state index contributed by atoms with van der Waals surface area (Å²) >= 11 is 6.09. The monoisotopic (exact) mass is 710 g/mol. The molecule has 0 aliphatic heterocycles. The lowest BCUT2D eigenvalue weighted by Crippen LogP contribution is -2.28. The Hall–Kier alpha value is -0.700. The molecule has 1 atom stereocenters. The van der Waals surface area contributed by atoms with E-state index in [1.54, 1.807) is 6.07 Å². The van der Waals surface area contributed by atoms with E-state index >= 15 is 0 Å². The number of esters is 2. The van der Waals surface area contributed by atoms with Crippen LogP contribution in [-0.4, -0.2) is 35.7 Å². The van der Waals surface area contributed by atoms with Crippen LogP contribution >= 0.6 is 67.8 Å². The van der Waals surface area contributed by atoms with Gasteiger partial charge >= 0.3 is 17.9 Å². The van der Waals surface area contributed by atoms with Crippen LogP contribution in [0.3, 0.4) is 0 Å². The fourth-order valence-corrected chi connectivity index (χ4v) is 4.71. The SMILES string of the molecule is C=C(C)C(=O)OCC(Cc1c(I)cc(C(=O)O)c(I)c1I)OC(=O)C(=C)C. The van der Waals surface area contributed by atoms with Gasteiger partial charge in [0.1, 0.15) is 12.7 Å². The van der Waals surface area contributed by atoms with E-state index in [0.29, 0.717) is 3.57 Å². The van der Waals surface area contributed by atoms with Crippen molar-refractivity contribution in [2.75, 3.05) is 6.61 Å². The molecule has 0 aliphatic rings. The van der Waals surface area contributed by atoms with Crippen LogP contribution < -0.4 is 0 Å². The highest BCUT2D eigenvalue weighted by molar-refractivity contribution is 14.1. The number of benzene rings is 1. The molecule has 0 heterocycles. The third kappa shape index (κ3) is 7.00. The van der Waals surface area contributed by atoms with Crippen molar-refractivity contribution in [2.24, 2.45) is 0 Å². The summed E-state index contributed by atoms with van der Waals surface area (Å²) in [6.07, 6.45) is -0.486. The average molecular weight is 710 g/mol. The molecule has 1 rings (SSSR count). The minimum absolute atomic E-state index is 0.145. The number of rotatable bonds is 8. The maximum atomic E-state index is 11.9. The van der Waals surface area contributed by atoms with Crippen molar-refractivity contribution in [3.05, 3.63) is 52.2 Å². The Kier molecular flexibility index (Phi) is 9.68. The Labute approximate surface area is 198 Å². The topological polar surface area (TPSA) is 89.9 Å². The highest BCUT2D eigenvalue weighted by atomic mass is 127. The minimum atomic E-state index is -1.01. The van der Waals surface area contributed by atoms with E-state index in [9.17, 15) is 19.5 Å². The maximum absolute atomic E-state index is 11.9. The fourth-order valence-electron chi connectivity index (χ4n) is 1.88. The Morgan fingerprint density at radius 3 is 2.11 bits per heavy atom. The van der Waals surface area contributed by atoms with Crippen molar-refractivity contribution in [3.8, 4) is 0 Å². The second-order valence-corrected chi connectivity index (χ2v) is 9.03. The van der Waals surface area contributed by atoms with Crippen molar-refractivity contribution in [1.29, 1.82) is 0 Å². The molecule has 146 valence electrons. The van der Waals surface area contributed by atoms with E-state index in [-0.39, 0.29) is 29.7 Å². The van der Waals surface area contributed by atoms with E-state index in [0.717, 1.165) is 12.7 Å². The largest absolute Gasteiger partial charge is 0.478 e. The number of hydrogen-bond donors (Lipinski definition) is 1. The van der Waals surface area contributed by atoms with Gasteiger partial charge in [-0.05, 0) is 93.2 Å². The molecule has 1 aromatic carbocycles. The molecule has 1 N–H and O–H groups in total. The zero-order valence-electron chi connectivity index (χ0n) is 14.6. The summed E-state index contributed by atoms with van der Waals surface area (Å²) in [6, 6.07) is 1.57. The molecule has 0 aromatic heterocycles. The zero-order chi connectivity index (χ0) is 20.9. The number of hydrogen-bond acceptors (Lipinski definition) is 5. The van der Waals surface area contributed by atoms with Crippen LogP contribution in [-0.2, 0) is 25.5 Å². The average Bonchev–Trinajstić information content (AvgIpc) is 2.58. The zero-order valence-corrected chi connectivity index (χ0v) is 21.1. The Balaban J connectivity index is 3.17. The molecule has 0 radical (unpaired) electrons. The maximum Gasteiger partial charge on any atom is 0.336 e. The van der Waals surface area contributed by atoms with E-state index in [2.05, 4.69) is 35.7 Å². The molecule has 0 aliphatic carbocycles. The van der Waals surface area contributed by atoms with E-state index in [4.69, 9.17) is 9.47 Å². The molecule has 0 amide bonds. The van der Waals surface area contributed by atoms with Crippen LogP contribution in [0.4, 0.5) is 0 Å². The Morgan fingerprint density at radius 1 is 1.07 bits per heavy atom. The van der Waals surface area contributed by atoms with E-state index in [1.165, 1.54) is 13.8 Å². The summed E-state index contributed by atoms with van der Waals surface area (Å²) in [5.41, 5.74) is 1.49. The van der Waals surface area contributed by atoms with Gasteiger partial charge in [-0.25, -0.2) is 14.4 Å². The summed E-state index contributed by atoms with van der Waals surface area (Å²) in [6.45, 7) is 9.97. The first-order valence-electron chi connectivity index (χ1n) is 7.54. The molecule has 0 saturated carbocycles. The van der Waals surface area contributed by atoms with E-state index in [1.807, 2.05) is 45.2 Å². The second kappa shape index (κ2) is 10.7. The van der Waals surface area contributed by atoms with E-state index < -0.39 is 24.0 Å². The number of aromatic carboxylic acids is 1. The van der Waals surface area contributed by atoms with Crippen molar-refractivity contribution in [3.63, 3.8) is 0 Å². The lowest BCUT2D eigenvalue weighted by atomic mass is 10.1. The van der Waals surface area contributed by atoms with Gasteiger partial charge in [0.2, 0.25) is 0 Å². The van der Waals surface area contributed by atoms with Gasteiger partial charge in [-0.3, -0.25) is 0 Å². The number of carbonyl (C=O) groups excluding carboxylic acids is 2. The highest BCUT2D eigenvalue weighted by Gasteiger charge is 2.24. The summed E-state index contributed by atoms with van der Waals surface area (Å²) in [7, 11) is 0. The number of carboxylic acid groups (broad SMARTS) is 1. The smallest absolute Gasteiger partial charge is 0.336 e. The fraction of sp³-hybridized carbons (Fsp3) is 0.278. The van der Waals surface area contributed by atoms with Crippen LogP contribution in [0.2, 0.25) is 0 Å². The first-order chi connectivity index (χ1) is 12.5. The number of ether oxygens (including phenoxy) is 2. The van der Waals surface area contributed by atoms with Crippen LogP contribution in [0.25, 0.3) is 0 Å².